The molecule has 0 saturated heterocycles. The van der Waals surface area contributed by atoms with Gasteiger partial charge >= 0.3 is 0 Å². The standard InChI is InChI=1S/C20H26N4O4S/c1-4-24(5-2)17(18-7-6-12-28-18)14-22-20(25)16-9-8-15(3)19(13-16)29(26,27)23-11-10-21/h6-9,12-13,17,23H,4-5,11,14H2,1-3H3,(H,22,25). The number of furan rings is 1. The molecule has 156 valence electrons. The molecule has 1 heterocycles. The summed E-state index contributed by atoms with van der Waals surface area (Å²) in [6, 6.07) is 9.75. The van der Waals surface area contributed by atoms with Crippen molar-refractivity contribution in [2.75, 3.05) is 26.2 Å². The van der Waals surface area contributed by atoms with Gasteiger partial charge in [0.15, 0.2) is 0 Å². The van der Waals surface area contributed by atoms with Crippen molar-refractivity contribution in [3.63, 3.8) is 0 Å². The van der Waals surface area contributed by atoms with Gasteiger partial charge in [-0.2, -0.15) is 9.98 Å². The van der Waals surface area contributed by atoms with Crippen molar-refractivity contribution in [2.24, 2.45) is 0 Å². The molecule has 1 aromatic heterocycles. The summed E-state index contributed by atoms with van der Waals surface area (Å²) in [5, 5.41) is 11.5. The molecule has 2 N–H and O–H groups in total. The molecule has 1 atom stereocenters. The van der Waals surface area contributed by atoms with Gasteiger partial charge in [-0.15, -0.1) is 0 Å². The van der Waals surface area contributed by atoms with Crippen LogP contribution in [0.15, 0.2) is 45.9 Å². The fraction of sp³-hybridized carbons (Fsp3) is 0.400. The Morgan fingerprint density at radius 1 is 1.28 bits per heavy atom. The molecule has 0 spiro atoms. The summed E-state index contributed by atoms with van der Waals surface area (Å²) in [6.45, 7) is 7.25. The number of aryl methyl sites for hydroxylation is 1. The summed E-state index contributed by atoms with van der Waals surface area (Å²) < 4.78 is 32.4. The highest BCUT2D eigenvalue weighted by Crippen LogP contribution is 2.21. The normalized spacial score (nSPS) is 12.5. The average molecular weight is 419 g/mol. The molecule has 0 aliphatic carbocycles. The zero-order valence-corrected chi connectivity index (χ0v) is 17.6. The first-order valence-electron chi connectivity index (χ1n) is 9.36. The minimum Gasteiger partial charge on any atom is -0.468 e. The second kappa shape index (κ2) is 10.2. The minimum atomic E-state index is -3.87. The Bertz CT molecular complexity index is 961. The molecular formula is C20H26N4O4S. The van der Waals surface area contributed by atoms with E-state index in [1.54, 1.807) is 37.5 Å². The predicted octanol–water partition coefficient (Wildman–Crippen LogP) is 2.20. The third-order valence-corrected chi connectivity index (χ3v) is 6.21. The first kappa shape index (κ1) is 22.6. The number of benzene rings is 1. The van der Waals surface area contributed by atoms with Crippen molar-refractivity contribution in [1.82, 2.24) is 14.9 Å². The van der Waals surface area contributed by atoms with Crippen LogP contribution in [0.2, 0.25) is 0 Å². The lowest BCUT2D eigenvalue weighted by Gasteiger charge is -2.28. The van der Waals surface area contributed by atoms with Gasteiger partial charge in [-0.05, 0) is 49.8 Å². The maximum absolute atomic E-state index is 12.7. The van der Waals surface area contributed by atoms with Crippen molar-refractivity contribution < 1.29 is 17.6 Å². The molecule has 0 bridgehead atoms. The van der Waals surface area contributed by atoms with Gasteiger partial charge in [0, 0.05) is 12.1 Å². The van der Waals surface area contributed by atoms with Gasteiger partial charge in [0.2, 0.25) is 10.0 Å². The summed E-state index contributed by atoms with van der Waals surface area (Å²) in [5.41, 5.74) is 0.717. The second-order valence-electron chi connectivity index (χ2n) is 6.43. The number of nitrogens with zero attached hydrogens (tertiary/aromatic N) is 2. The topological polar surface area (TPSA) is 115 Å². The van der Waals surface area contributed by atoms with E-state index in [2.05, 4.69) is 14.9 Å². The van der Waals surface area contributed by atoms with Crippen LogP contribution in [0, 0.1) is 18.3 Å². The van der Waals surface area contributed by atoms with E-state index < -0.39 is 10.0 Å². The Labute approximate surface area is 171 Å². The van der Waals surface area contributed by atoms with Crippen LogP contribution in [0.5, 0.6) is 0 Å². The first-order valence-corrected chi connectivity index (χ1v) is 10.8. The molecule has 2 aromatic rings. The summed E-state index contributed by atoms with van der Waals surface area (Å²) >= 11 is 0. The van der Waals surface area contributed by atoms with Crippen LogP contribution in [0.3, 0.4) is 0 Å². The van der Waals surface area contributed by atoms with Gasteiger partial charge in [-0.1, -0.05) is 19.9 Å². The Balaban J connectivity index is 2.20. The number of hydrogen-bond donors (Lipinski definition) is 2. The van der Waals surface area contributed by atoms with Crippen molar-refractivity contribution in [3.05, 3.63) is 53.5 Å². The zero-order valence-electron chi connectivity index (χ0n) is 16.8. The van der Waals surface area contributed by atoms with Crippen LogP contribution in [-0.4, -0.2) is 45.4 Å². The van der Waals surface area contributed by atoms with E-state index in [1.807, 2.05) is 19.9 Å². The highest BCUT2D eigenvalue weighted by molar-refractivity contribution is 7.89. The van der Waals surface area contributed by atoms with Gasteiger partial charge in [0.05, 0.1) is 29.8 Å². The fourth-order valence-corrected chi connectivity index (χ4v) is 4.27. The number of sulfonamides is 1. The van der Waals surface area contributed by atoms with Crippen LogP contribution < -0.4 is 10.0 Å². The van der Waals surface area contributed by atoms with Gasteiger partial charge < -0.3 is 9.73 Å². The molecule has 29 heavy (non-hydrogen) atoms. The first-order chi connectivity index (χ1) is 13.8. The molecule has 0 saturated carbocycles. The number of carbonyl (C=O) groups excluding carboxylic acids is 1. The maximum atomic E-state index is 12.7. The number of nitriles is 1. The van der Waals surface area contributed by atoms with Gasteiger partial charge in [-0.25, -0.2) is 8.42 Å². The van der Waals surface area contributed by atoms with Crippen LogP contribution in [0.4, 0.5) is 0 Å². The Morgan fingerprint density at radius 2 is 2.00 bits per heavy atom. The van der Waals surface area contributed by atoms with Crippen molar-refractivity contribution in [2.45, 2.75) is 31.7 Å². The number of nitrogens with one attached hydrogen (secondary N) is 2. The summed E-state index contributed by atoms with van der Waals surface area (Å²) in [5.74, 6) is 0.368. The lowest BCUT2D eigenvalue weighted by atomic mass is 10.1. The third kappa shape index (κ3) is 5.67. The zero-order chi connectivity index (χ0) is 21.4. The Hall–Kier alpha value is -2.67. The number of amides is 1. The van der Waals surface area contributed by atoms with Crippen molar-refractivity contribution >= 4 is 15.9 Å². The molecule has 1 unspecified atom stereocenters. The monoisotopic (exact) mass is 418 g/mol. The van der Waals surface area contributed by atoms with E-state index >= 15 is 0 Å². The minimum absolute atomic E-state index is 0.0215. The quantitative estimate of drug-likeness (QED) is 0.572. The molecule has 9 heteroatoms. The Morgan fingerprint density at radius 3 is 2.59 bits per heavy atom. The van der Waals surface area contributed by atoms with Crippen molar-refractivity contribution in [3.8, 4) is 6.07 Å². The van der Waals surface area contributed by atoms with Crippen LogP contribution in [0.25, 0.3) is 0 Å². The maximum Gasteiger partial charge on any atom is 0.251 e. The molecule has 1 aromatic carbocycles. The van der Waals surface area contributed by atoms with Gasteiger partial charge in [0.1, 0.15) is 5.76 Å². The summed E-state index contributed by atoms with van der Waals surface area (Å²) in [7, 11) is -3.87. The molecule has 0 radical (unpaired) electrons. The van der Waals surface area contributed by atoms with E-state index in [4.69, 9.17) is 9.68 Å². The molecular weight excluding hydrogens is 392 g/mol. The van der Waals surface area contributed by atoms with E-state index in [0.29, 0.717) is 12.1 Å². The lowest BCUT2D eigenvalue weighted by molar-refractivity contribution is 0.0929. The van der Waals surface area contributed by atoms with Crippen LogP contribution in [0.1, 0.15) is 41.6 Å². The van der Waals surface area contributed by atoms with E-state index in [-0.39, 0.29) is 29.0 Å². The SMILES string of the molecule is CCN(CC)C(CNC(=O)c1ccc(C)c(S(=O)(=O)NCC#N)c1)c1ccco1. The molecule has 0 aliphatic heterocycles. The van der Waals surface area contributed by atoms with Crippen LogP contribution >= 0.6 is 0 Å². The van der Waals surface area contributed by atoms with Gasteiger partial charge in [0.25, 0.3) is 5.91 Å². The van der Waals surface area contributed by atoms with Crippen LogP contribution in [-0.2, 0) is 10.0 Å². The number of likely N-dealkylation sites (N-methyl/N-ethyl adjacent to an activating group) is 1. The fourth-order valence-electron chi connectivity index (χ4n) is 3.08. The smallest absolute Gasteiger partial charge is 0.251 e. The highest BCUT2D eigenvalue weighted by atomic mass is 32.2. The molecule has 0 fully saturated rings. The largest absolute Gasteiger partial charge is 0.468 e. The number of carbonyl (C=O) groups is 1. The summed E-state index contributed by atoms with van der Waals surface area (Å²) in [6.07, 6.45) is 1.60. The third-order valence-electron chi connectivity index (χ3n) is 4.66. The molecule has 2 rings (SSSR count). The summed E-state index contributed by atoms with van der Waals surface area (Å²) in [4.78, 5) is 14.8. The lowest BCUT2D eigenvalue weighted by Crippen LogP contribution is -2.38. The van der Waals surface area contributed by atoms with E-state index in [1.165, 1.54) is 6.07 Å². The van der Waals surface area contributed by atoms with E-state index in [0.717, 1.165) is 18.8 Å². The predicted molar refractivity (Wildman–Crippen MR) is 109 cm³/mol. The molecule has 8 nitrogen and oxygen atoms in total. The Kier molecular flexibility index (Phi) is 7.96. The molecule has 0 aliphatic rings. The average Bonchev–Trinajstić information content (AvgIpc) is 3.24. The van der Waals surface area contributed by atoms with Gasteiger partial charge in [-0.3, -0.25) is 9.69 Å². The second-order valence-corrected chi connectivity index (χ2v) is 8.16. The number of rotatable bonds is 10. The number of hydrogen-bond acceptors (Lipinski definition) is 6. The highest BCUT2D eigenvalue weighted by Gasteiger charge is 2.23. The van der Waals surface area contributed by atoms with E-state index in [9.17, 15) is 13.2 Å². The molecule has 1 amide bonds. The van der Waals surface area contributed by atoms with Crippen molar-refractivity contribution in [1.29, 1.82) is 5.26 Å².